The summed E-state index contributed by atoms with van der Waals surface area (Å²) >= 11 is 4.69. The van der Waals surface area contributed by atoms with Crippen molar-refractivity contribution in [2.45, 2.75) is 58.8 Å². The molecule has 1 aliphatic carbocycles. The highest BCUT2D eigenvalue weighted by molar-refractivity contribution is 7.80. The fourth-order valence-corrected chi connectivity index (χ4v) is 3.14. The van der Waals surface area contributed by atoms with Gasteiger partial charge in [0.05, 0.1) is 0 Å². The largest absolute Gasteiger partial charge is 0.375 e. The SMILES string of the molecule is CCC1CC(CC)CC(CC/C=N\NC(N)=S)C1. The summed E-state index contributed by atoms with van der Waals surface area (Å²) in [6, 6.07) is 0. The van der Waals surface area contributed by atoms with Gasteiger partial charge in [0.2, 0.25) is 0 Å². The van der Waals surface area contributed by atoms with Gasteiger partial charge in [0.1, 0.15) is 0 Å². The molecule has 2 unspecified atom stereocenters. The standard InChI is InChI=1S/C14H27N3S/c1-3-11-8-12(4-2)10-13(9-11)6-5-7-16-17-14(15)18/h7,11-13H,3-6,8-10H2,1-2H3,(H3,15,17,18)/b16-7-. The maximum atomic E-state index is 5.30. The fraction of sp³-hybridized carbons (Fsp3) is 0.857. The molecule has 0 amide bonds. The van der Waals surface area contributed by atoms with Crippen LogP contribution in [0.4, 0.5) is 0 Å². The van der Waals surface area contributed by atoms with Crippen LogP contribution in [0.15, 0.2) is 5.10 Å². The van der Waals surface area contributed by atoms with E-state index in [1.54, 1.807) is 0 Å². The van der Waals surface area contributed by atoms with Gasteiger partial charge in [-0.05, 0) is 62.1 Å². The van der Waals surface area contributed by atoms with Crippen molar-refractivity contribution in [1.29, 1.82) is 0 Å². The summed E-state index contributed by atoms with van der Waals surface area (Å²) in [5.41, 5.74) is 7.90. The van der Waals surface area contributed by atoms with Gasteiger partial charge in [0, 0.05) is 6.21 Å². The van der Waals surface area contributed by atoms with Crippen LogP contribution in [-0.2, 0) is 0 Å². The predicted octanol–water partition coefficient (Wildman–Crippen LogP) is 3.44. The minimum absolute atomic E-state index is 0.237. The summed E-state index contributed by atoms with van der Waals surface area (Å²) < 4.78 is 0. The van der Waals surface area contributed by atoms with Gasteiger partial charge in [-0.3, -0.25) is 5.43 Å². The zero-order chi connectivity index (χ0) is 13.4. The monoisotopic (exact) mass is 269 g/mol. The van der Waals surface area contributed by atoms with Crippen LogP contribution < -0.4 is 11.2 Å². The van der Waals surface area contributed by atoms with E-state index < -0.39 is 0 Å². The molecule has 104 valence electrons. The molecule has 0 radical (unpaired) electrons. The van der Waals surface area contributed by atoms with Gasteiger partial charge in [-0.1, -0.05) is 26.7 Å². The van der Waals surface area contributed by atoms with Crippen LogP contribution in [0.25, 0.3) is 0 Å². The highest BCUT2D eigenvalue weighted by atomic mass is 32.1. The Labute approximate surface area is 117 Å². The molecule has 1 aliphatic rings. The minimum Gasteiger partial charge on any atom is -0.375 e. The lowest BCUT2D eigenvalue weighted by Crippen LogP contribution is -2.24. The molecule has 0 aromatic rings. The number of nitrogens with two attached hydrogens (primary N) is 1. The average Bonchev–Trinajstić information content (AvgIpc) is 2.37. The van der Waals surface area contributed by atoms with Crippen molar-refractivity contribution in [2.75, 3.05) is 0 Å². The van der Waals surface area contributed by atoms with E-state index >= 15 is 0 Å². The first-order valence-corrected chi connectivity index (χ1v) is 7.63. The molecule has 0 aromatic carbocycles. The Kier molecular flexibility index (Phi) is 7.25. The zero-order valence-corrected chi connectivity index (χ0v) is 12.5. The van der Waals surface area contributed by atoms with Crippen molar-refractivity contribution in [1.82, 2.24) is 5.43 Å². The molecule has 2 atom stereocenters. The van der Waals surface area contributed by atoms with E-state index in [4.69, 9.17) is 5.73 Å². The number of nitrogens with one attached hydrogen (secondary N) is 1. The third-order valence-electron chi connectivity index (χ3n) is 4.12. The first kappa shape index (κ1) is 15.4. The Morgan fingerprint density at radius 3 is 2.28 bits per heavy atom. The summed E-state index contributed by atoms with van der Waals surface area (Å²) in [7, 11) is 0. The number of rotatable bonds is 6. The number of nitrogens with zero attached hydrogens (tertiary/aromatic N) is 1. The Morgan fingerprint density at radius 1 is 1.22 bits per heavy atom. The molecule has 1 fully saturated rings. The fourth-order valence-electron chi connectivity index (χ4n) is 3.09. The van der Waals surface area contributed by atoms with Gasteiger partial charge >= 0.3 is 0 Å². The lowest BCUT2D eigenvalue weighted by Gasteiger charge is -2.34. The van der Waals surface area contributed by atoms with Gasteiger partial charge in [-0.25, -0.2) is 0 Å². The molecule has 0 heterocycles. The van der Waals surface area contributed by atoms with Crippen LogP contribution >= 0.6 is 12.2 Å². The predicted molar refractivity (Wildman–Crippen MR) is 82.6 cm³/mol. The van der Waals surface area contributed by atoms with Gasteiger partial charge in [0.15, 0.2) is 5.11 Å². The molecule has 18 heavy (non-hydrogen) atoms. The van der Waals surface area contributed by atoms with Crippen molar-refractivity contribution >= 4 is 23.5 Å². The van der Waals surface area contributed by atoms with Crippen molar-refractivity contribution in [3.05, 3.63) is 0 Å². The highest BCUT2D eigenvalue weighted by Gasteiger charge is 2.26. The first-order chi connectivity index (χ1) is 8.65. The van der Waals surface area contributed by atoms with Gasteiger partial charge < -0.3 is 5.73 Å². The van der Waals surface area contributed by atoms with Crippen molar-refractivity contribution in [3.63, 3.8) is 0 Å². The van der Waals surface area contributed by atoms with Crippen molar-refractivity contribution < 1.29 is 0 Å². The van der Waals surface area contributed by atoms with Crippen LogP contribution in [0, 0.1) is 17.8 Å². The lowest BCUT2D eigenvalue weighted by atomic mass is 9.72. The van der Waals surface area contributed by atoms with Gasteiger partial charge in [0.25, 0.3) is 0 Å². The molecule has 0 spiro atoms. The summed E-state index contributed by atoms with van der Waals surface area (Å²) in [5.74, 6) is 2.77. The van der Waals surface area contributed by atoms with Crippen LogP contribution in [0.2, 0.25) is 0 Å². The van der Waals surface area contributed by atoms with E-state index in [0.717, 1.165) is 24.2 Å². The second-order valence-electron chi connectivity index (χ2n) is 5.49. The van der Waals surface area contributed by atoms with Crippen LogP contribution in [-0.4, -0.2) is 11.3 Å². The number of hydrazone groups is 1. The topological polar surface area (TPSA) is 50.4 Å². The molecule has 0 saturated heterocycles. The third kappa shape index (κ3) is 5.80. The van der Waals surface area contributed by atoms with Gasteiger partial charge in [-0.15, -0.1) is 0 Å². The first-order valence-electron chi connectivity index (χ1n) is 7.22. The molecular formula is C14H27N3S. The number of hydrogen-bond donors (Lipinski definition) is 2. The van der Waals surface area contributed by atoms with E-state index in [1.807, 2.05) is 6.21 Å². The highest BCUT2D eigenvalue weighted by Crippen LogP contribution is 2.38. The average molecular weight is 269 g/mol. The molecular weight excluding hydrogens is 242 g/mol. The van der Waals surface area contributed by atoms with Crippen LogP contribution in [0.1, 0.15) is 58.8 Å². The maximum absolute atomic E-state index is 5.30. The lowest BCUT2D eigenvalue weighted by molar-refractivity contribution is 0.181. The normalized spacial score (nSPS) is 28.4. The molecule has 0 aliphatic heterocycles. The summed E-state index contributed by atoms with van der Waals surface area (Å²) in [4.78, 5) is 0. The Morgan fingerprint density at radius 2 is 1.78 bits per heavy atom. The second-order valence-corrected chi connectivity index (χ2v) is 5.93. The van der Waals surface area contributed by atoms with E-state index in [1.165, 1.54) is 38.5 Å². The molecule has 1 rings (SSSR count). The Balaban J connectivity index is 2.27. The molecule has 3 N–H and O–H groups in total. The van der Waals surface area contributed by atoms with E-state index in [0.29, 0.717) is 0 Å². The molecule has 3 nitrogen and oxygen atoms in total. The summed E-state index contributed by atoms with van der Waals surface area (Å²) in [5, 5.41) is 4.23. The number of thiocarbonyl (C=S) groups is 1. The molecule has 1 saturated carbocycles. The van der Waals surface area contributed by atoms with Crippen LogP contribution in [0.5, 0.6) is 0 Å². The summed E-state index contributed by atoms with van der Waals surface area (Å²) in [6.07, 6.45) is 11.1. The Hall–Kier alpha value is -0.640. The summed E-state index contributed by atoms with van der Waals surface area (Å²) in [6.45, 7) is 4.65. The van der Waals surface area contributed by atoms with Crippen LogP contribution in [0.3, 0.4) is 0 Å². The number of hydrogen-bond acceptors (Lipinski definition) is 2. The van der Waals surface area contributed by atoms with E-state index in [2.05, 4.69) is 36.6 Å². The maximum Gasteiger partial charge on any atom is 0.184 e. The Bertz CT molecular complexity index is 266. The van der Waals surface area contributed by atoms with E-state index in [9.17, 15) is 0 Å². The molecule has 4 heteroatoms. The van der Waals surface area contributed by atoms with Crippen molar-refractivity contribution in [3.8, 4) is 0 Å². The van der Waals surface area contributed by atoms with Crippen molar-refractivity contribution in [2.24, 2.45) is 28.6 Å². The smallest absolute Gasteiger partial charge is 0.184 e. The van der Waals surface area contributed by atoms with E-state index in [-0.39, 0.29) is 5.11 Å². The molecule has 0 bridgehead atoms. The third-order valence-corrected chi connectivity index (χ3v) is 4.22. The second kappa shape index (κ2) is 8.46. The quantitative estimate of drug-likeness (QED) is 0.441. The van der Waals surface area contributed by atoms with Gasteiger partial charge in [-0.2, -0.15) is 5.10 Å². The zero-order valence-electron chi connectivity index (χ0n) is 11.7. The molecule has 0 aromatic heterocycles. The minimum atomic E-state index is 0.237.